The summed E-state index contributed by atoms with van der Waals surface area (Å²) in [5, 5.41) is 113. The van der Waals surface area contributed by atoms with Gasteiger partial charge in [-0.15, -0.1) is 0 Å². The van der Waals surface area contributed by atoms with Crippen LogP contribution in [0.4, 0.5) is 0 Å². The second-order valence-electron chi connectivity index (χ2n) is 20.9. The lowest BCUT2D eigenvalue weighted by atomic mass is 9.46. The maximum atomic E-state index is 14.7. The zero-order chi connectivity index (χ0) is 46.5. The Balaban J connectivity index is 0.808. The van der Waals surface area contributed by atoms with Crippen LogP contribution in [0.1, 0.15) is 72.1 Å². The van der Waals surface area contributed by atoms with E-state index in [1.807, 2.05) is 0 Å². The van der Waals surface area contributed by atoms with Crippen LogP contribution in [0.15, 0.2) is 11.6 Å². The third-order valence-corrected chi connectivity index (χ3v) is 17.7. The summed E-state index contributed by atoms with van der Waals surface area (Å²) in [6.45, 7) is 5.13. The highest BCUT2D eigenvalue weighted by atomic mass is 16.7. The normalized spacial score (nSPS) is 55.6. The second kappa shape index (κ2) is 18.4. The van der Waals surface area contributed by atoms with E-state index in [0.717, 1.165) is 19.3 Å². The number of aliphatic hydroxyl groups excluding tert-OH is 11. The lowest BCUT2D eigenvalue weighted by molar-refractivity contribution is -0.363. The summed E-state index contributed by atoms with van der Waals surface area (Å²) in [5.41, 5.74) is 0.321. The van der Waals surface area contributed by atoms with Gasteiger partial charge in [-0.25, -0.2) is 0 Å². The average Bonchev–Trinajstić information content (AvgIpc) is 3.75. The molecule has 11 N–H and O–H groups in total. The topological polar surface area (TPSA) is 313 Å². The number of rotatable bonds is 10. The highest BCUT2D eigenvalue weighted by Crippen LogP contribution is 2.69. The second-order valence-corrected chi connectivity index (χ2v) is 20.9. The molecule has 0 unspecified atom stereocenters. The van der Waals surface area contributed by atoms with Crippen LogP contribution in [0.2, 0.25) is 0 Å². The molecule has 8 fully saturated rings. The van der Waals surface area contributed by atoms with Crippen molar-refractivity contribution in [2.45, 2.75) is 182 Å². The fraction of sp³-hybridized carbons (Fsp3) is 0.933. The summed E-state index contributed by atoms with van der Waals surface area (Å²) in [6, 6.07) is 0. The summed E-state index contributed by atoms with van der Waals surface area (Å²) in [4.78, 5) is 14.7. The van der Waals surface area contributed by atoms with Gasteiger partial charge in [0, 0.05) is 36.0 Å². The van der Waals surface area contributed by atoms with Gasteiger partial charge >= 0.3 is 0 Å². The minimum atomic E-state index is -1.77. The minimum Gasteiger partial charge on any atom is -0.394 e. The van der Waals surface area contributed by atoms with Crippen molar-refractivity contribution in [2.24, 2.45) is 46.3 Å². The van der Waals surface area contributed by atoms with Crippen molar-refractivity contribution in [1.29, 1.82) is 0 Å². The number of ketones is 1. The van der Waals surface area contributed by atoms with E-state index in [1.54, 1.807) is 0 Å². The molecular weight excluding hydrogens is 860 g/mol. The molecule has 0 aromatic carbocycles. The number of hydrogen-bond acceptors (Lipinski definition) is 20. The Hall–Kier alpha value is -1.35. The molecule has 9 aliphatic rings. The van der Waals surface area contributed by atoms with Crippen molar-refractivity contribution in [3.05, 3.63) is 11.6 Å². The monoisotopic (exact) mass is 930 g/mol. The van der Waals surface area contributed by atoms with Crippen LogP contribution in [0.3, 0.4) is 0 Å². The molecule has 0 bridgehead atoms. The van der Waals surface area contributed by atoms with Crippen molar-refractivity contribution in [2.75, 3.05) is 33.0 Å². The number of Topliss-reactive ketones (excluding diaryl/α,β-unsaturated/α-hetero) is 1. The van der Waals surface area contributed by atoms with Gasteiger partial charge < -0.3 is 94.1 Å². The third-order valence-electron chi connectivity index (χ3n) is 17.7. The number of ether oxygens (including phenoxy) is 8. The molecule has 0 aromatic heterocycles. The zero-order valence-corrected chi connectivity index (χ0v) is 37.1. The molecular formula is C45H70O20. The Morgan fingerprint density at radius 1 is 0.708 bits per heavy atom. The summed E-state index contributed by atoms with van der Waals surface area (Å²) in [7, 11) is 0. The highest BCUT2D eigenvalue weighted by Gasteiger charge is 2.71. The maximum absolute atomic E-state index is 14.7. The Kier molecular flexibility index (Phi) is 13.8. The number of hydrogen-bond donors (Lipinski definition) is 11. The first-order valence-electron chi connectivity index (χ1n) is 23.6. The third kappa shape index (κ3) is 8.01. The first-order valence-corrected chi connectivity index (χ1v) is 23.6. The number of carbonyl (C=O) groups is 1. The molecule has 370 valence electrons. The van der Waals surface area contributed by atoms with Crippen molar-refractivity contribution in [3.8, 4) is 0 Å². The van der Waals surface area contributed by atoms with Crippen LogP contribution < -0.4 is 0 Å². The zero-order valence-electron chi connectivity index (χ0n) is 37.1. The molecule has 20 nitrogen and oxygen atoms in total. The molecule has 5 heterocycles. The first kappa shape index (κ1) is 48.7. The maximum Gasteiger partial charge on any atom is 0.187 e. The largest absolute Gasteiger partial charge is 0.394 e. The van der Waals surface area contributed by atoms with Gasteiger partial charge in [-0.2, -0.15) is 0 Å². The van der Waals surface area contributed by atoms with Crippen molar-refractivity contribution in [1.82, 2.24) is 0 Å². The highest BCUT2D eigenvalue weighted by molar-refractivity contribution is 5.87. The molecule has 9 rings (SSSR count). The Labute approximate surface area is 377 Å². The van der Waals surface area contributed by atoms with E-state index in [-0.39, 0.29) is 59.4 Å². The summed E-state index contributed by atoms with van der Waals surface area (Å²) < 4.78 is 48.2. The quantitative estimate of drug-likeness (QED) is 0.0997. The van der Waals surface area contributed by atoms with Crippen LogP contribution in [-0.4, -0.2) is 205 Å². The Bertz CT molecular complexity index is 1720. The predicted octanol–water partition coefficient (Wildman–Crippen LogP) is -2.66. The van der Waals surface area contributed by atoms with Crippen LogP contribution in [0.5, 0.6) is 0 Å². The van der Waals surface area contributed by atoms with Gasteiger partial charge in [0.1, 0.15) is 79.0 Å². The molecule has 3 saturated carbocycles. The molecule has 4 aliphatic carbocycles. The number of aliphatic hydroxyl groups is 11. The minimum absolute atomic E-state index is 0.0209. The van der Waals surface area contributed by atoms with Gasteiger partial charge in [-0.05, 0) is 61.7 Å². The lowest BCUT2D eigenvalue weighted by Gasteiger charge is -2.58. The van der Waals surface area contributed by atoms with Crippen LogP contribution in [-0.2, 0) is 42.7 Å². The molecule has 5 aliphatic heterocycles. The fourth-order valence-corrected chi connectivity index (χ4v) is 13.8. The number of carbonyl (C=O) groups excluding carboxylic acids is 1. The van der Waals surface area contributed by atoms with E-state index in [4.69, 9.17) is 37.9 Å². The van der Waals surface area contributed by atoms with E-state index in [2.05, 4.69) is 26.8 Å². The van der Waals surface area contributed by atoms with Gasteiger partial charge in [-0.1, -0.05) is 32.4 Å². The van der Waals surface area contributed by atoms with Crippen LogP contribution in [0.25, 0.3) is 0 Å². The number of allylic oxidation sites excluding steroid dienone is 1. The van der Waals surface area contributed by atoms with Crippen LogP contribution >= 0.6 is 0 Å². The standard InChI is InChI=1S/C45H70O20/c1-18-30-25(65-45(18)9-6-19(17-59-45)16-58-40-36(55)33(52)31(50)26(13-46)61-40)11-24-22-5-4-20-10-21(7-8-43(20,2)23(22)12-29(49)44(24,30)3)60-41-38(57)35(54)39(28(15-48)63-41)64-42-37(56)34(53)32(51)27(14-47)62-42/h4,18-19,21-28,30-42,46-48,50-57H,5-17H2,1-3H3/t18-,19-,21-,22+,23+,24-,25-,26-,27-,28-,30-,31-,32-,33+,34+,35-,36-,37-,38-,39-,40-,41-,42+,43+,44-,45+/m0/s1. The van der Waals surface area contributed by atoms with Crippen molar-refractivity contribution >= 4 is 5.78 Å². The molecule has 26 atom stereocenters. The van der Waals surface area contributed by atoms with E-state index in [1.165, 1.54) is 5.57 Å². The molecule has 0 amide bonds. The van der Waals surface area contributed by atoms with Gasteiger partial charge in [0.2, 0.25) is 0 Å². The molecule has 5 saturated heterocycles. The molecule has 1 spiro atoms. The molecule has 0 aromatic rings. The first-order chi connectivity index (χ1) is 30.9. The summed E-state index contributed by atoms with van der Waals surface area (Å²) >= 11 is 0. The Morgan fingerprint density at radius 3 is 1.97 bits per heavy atom. The predicted molar refractivity (Wildman–Crippen MR) is 217 cm³/mol. The van der Waals surface area contributed by atoms with E-state index >= 15 is 0 Å². The SMILES string of the molecule is C[C@H]1[C@H]2[C@H](C[C@H]3[C@@H]4CC=C5C[C@@H](O[C@H]6O[C@@H](CO)[C@H](O[C@H]7O[C@@H](CO)[C@H](O)[C@@H](O)[C@@H]7O)[C@@H](O)[C@@H]6O)CC[C@@]5(C)[C@@H]4CC(=O)[C@@]23C)O[C@]12CC[C@@H](CO[C@H]1O[C@@H](CO)[C@H](O)[C@@H](O)[C@@H]1O)CO2. The van der Waals surface area contributed by atoms with Gasteiger partial charge in [0.05, 0.1) is 45.2 Å². The summed E-state index contributed by atoms with van der Waals surface area (Å²) in [6.07, 6.45) is -15.2. The smallest absolute Gasteiger partial charge is 0.187 e. The molecule has 20 heteroatoms. The van der Waals surface area contributed by atoms with Gasteiger partial charge in [0.15, 0.2) is 24.7 Å². The molecule has 0 radical (unpaired) electrons. The molecule has 65 heavy (non-hydrogen) atoms. The van der Waals surface area contributed by atoms with Crippen LogP contribution in [0, 0.1) is 46.3 Å². The Morgan fingerprint density at radius 2 is 1.32 bits per heavy atom. The van der Waals surface area contributed by atoms with E-state index < -0.39 is 129 Å². The lowest BCUT2D eigenvalue weighted by Crippen LogP contribution is -2.65. The average molecular weight is 931 g/mol. The van der Waals surface area contributed by atoms with Gasteiger partial charge in [-0.3, -0.25) is 4.79 Å². The van der Waals surface area contributed by atoms with E-state index in [0.29, 0.717) is 38.7 Å². The summed E-state index contributed by atoms with van der Waals surface area (Å²) in [5.74, 6) is -0.210. The van der Waals surface area contributed by atoms with E-state index in [9.17, 15) is 61.0 Å². The van der Waals surface area contributed by atoms with Crippen molar-refractivity contribution in [3.63, 3.8) is 0 Å². The van der Waals surface area contributed by atoms with Crippen molar-refractivity contribution < 1.29 is 98.9 Å². The van der Waals surface area contributed by atoms with Gasteiger partial charge in [0.25, 0.3) is 0 Å². The fourth-order valence-electron chi connectivity index (χ4n) is 13.8. The number of fused-ring (bicyclic) bond motifs is 7.